The summed E-state index contributed by atoms with van der Waals surface area (Å²) in [6.45, 7) is 8.51. The molecule has 0 bridgehead atoms. The second-order valence-corrected chi connectivity index (χ2v) is 7.02. The first-order valence-corrected chi connectivity index (χ1v) is 8.33. The number of nitrogens with zero attached hydrogens (tertiary/aromatic N) is 4. The number of aryl methyl sites for hydroxylation is 4. The van der Waals surface area contributed by atoms with Crippen LogP contribution in [-0.4, -0.2) is 17.9 Å². The van der Waals surface area contributed by atoms with Gasteiger partial charge in [-0.15, -0.1) is 0 Å². The molecule has 0 saturated heterocycles. The van der Waals surface area contributed by atoms with Crippen LogP contribution in [0, 0.1) is 27.7 Å². The fraction of sp³-hybridized carbons (Fsp3) is 0.222. The van der Waals surface area contributed by atoms with E-state index < -0.39 is 0 Å². The molecule has 0 spiro atoms. The smallest absolute Gasteiger partial charge is 0.108 e. The van der Waals surface area contributed by atoms with Crippen LogP contribution < -0.4 is 0 Å². The molecule has 0 aliphatic carbocycles. The van der Waals surface area contributed by atoms with Crippen molar-refractivity contribution in [2.45, 2.75) is 27.7 Å². The molecule has 2 heterocycles. The van der Waals surface area contributed by atoms with Gasteiger partial charge in [-0.2, -0.15) is 0 Å². The van der Waals surface area contributed by atoms with Gasteiger partial charge >= 0.3 is 0 Å². The maximum absolute atomic E-state index is 4.52. The average Bonchev–Trinajstić information content (AvgIpc) is 3.07. The standard InChI is InChI=1S/C18H18N4S/c1-11-5-15-17(7-13(11)3)21(9-19-15)23-22-10-20-16-6-12(2)14(4)8-18(16)22/h5-10H,1-4H3. The third-order valence-electron chi connectivity index (χ3n) is 4.44. The normalized spacial score (nSPS) is 11.7. The van der Waals surface area contributed by atoms with Crippen molar-refractivity contribution in [1.82, 2.24) is 17.9 Å². The van der Waals surface area contributed by atoms with Crippen LogP contribution in [0.3, 0.4) is 0 Å². The molecule has 4 aromatic rings. The molecule has 0 aliphatic heterocycles. The number of aromatic nitrogens is 4. The molecule has 0 N–H and O–H groups in total. The molecule has 0 unspecified atom stereocenters. The van der Waals surface area contributed by atoms with E-state index in [1.54, 1.807) is 12.1 Å². The van der Waals surface area contributed by atoms with Crippen molar-refractivity contribution >= 4 is 34.2 Å². The van der Waals surface area contributed by atoms with E-state index in [0.717, 1.165) is 22.1 Å². The Morgan fingerprint density at radius 3 is 1.48 bits per heavy atom. The molecule has 0 atom stereocenters. The van der Waals surface area contributed by atoms with Crippen LogP contribution in [0.4, 0.5) is 0 Å². The summed E-state index contributed by atoms with van der Waals surface area (Å²) < 4.78 is 4.19. The Morgan fingerprint density at radius 1 is 0.652 bits per heavy atom. The van der Waals surface area contributed by atoms with E-state index in [-0.39, 0.29) is 0 Å². The highest BCUT2D eigenvalue weighted by Gasteiger charge is 2.10. The van der Waals surface area contributed by atoms with Crippen LogP contribution >= 0.6 is 12.1 Å². The molecule has 116 valence electrons. The number of fused-ring (bicyclic) bond motifs is 2. The number of hydrogen-bond donors (Lipinski definition) is 0. The fourth-order valence-corrected chi connectivity index (χ4v) is 3.55. The quantitative estimate of drug-likeness (QED) is 0.542. The molecular weight excluding hydrogens is 304 g/mol. The highest BCUT2D eigenvalue weighted by molar-refractivity contribution is 7.96. The molecule has 0 radical (unpaired) electrons. The number of imidazole rings is 2. The predicted molar refractivity (Wildman–Crippen MR) is 96.8 cm³/mol. The lowest BCUT2D eigenvalue weighted by Crippen LogP contribution is -1.93. The van der Waals surface area contributed by atoms with Crippen molar-refractivity contribution in [1.29, 1.82) is 0 Å². The molecule has 23 heavy (non-hydrogen) atoms. The van der Waals surface area contributed by atoms with E-state index in [9.17, 15) is 0 Å². The van der Waals surface area contributed by atoms with E-state index >= 15 is 0 Å². The largest absolute Gasteiger partial charge is 0.254 e. The topological polar surface area (TPSA) is 35.6 Å². The zero-order chi connectivity index (χ0) is 16.1. The molecule has 0 aliphatic rings. The Labute approximate surface area is 139 Å². The Bertz CT molecular complexity index is 958. The Hall–Kier alpha value is -2.27. The van der Waals surface area contributed by atoms with E-state index in [0.29, 0.717) is 0 Å². The van der Waals surface area contributed by atoms with Gasteiger partial charge in [0.15, 0.2) is 0 Å². The molecule has 5 heteroatoms. The first-order valence-electron chi connectivity index (χ1n) is 7.60. The Balaban J connectivity index is 1.82. The third kappa shape index (κ3) is 2.32. The van der Waals surface area contributed by atoms with Crippen molar-refractivity contribution < 1.29 is 0 Å². The summed E-state index contributed by atoms with van der Waals surface area (Å²) in [6.07, 6.45) is 3.75. The summed E-state index contributed by atoms with van der Waals surface area (Å²) >= 11 is 1.60. The molecular formula is C18H18N4S. The second-order valence-electron chi connectivity index (χ2n) is 6.07. The molecule has 2 aromatic heterocycles. The second kappa shape index (κ2) is 5.13. The van der Waals surface area contributed by atoms with Crippen molar-refractivity contribution in [2.75, 3.05) is 0 Å². The third-order valence-corrected chi connectivity index (χ3v) is 5.37. The zero-order valence-electron chi connectivity index (χ0n) is 13.7. The van der Waals surface area contributed by atoms with Gasteiger partial charge in [0.25, 0.3) is 0 Å². The Morgan fingerprint density at radius 2 is 1.04 bits per heavy atom. The van der Waals surface area contributed by atoms with Crippen molar-refractivity contribution in [3.05, 3.63) is 59.2 Å². The van der Waals surface area contributed by atoms with Crippen molar-refractivity contribution in [2.24, 2.45) is 0 Å². The van der Waals surface area contributed by atoms with Crippen molar-refractivity contribution in [3.63, 3.8) is 0 Å². The van der Waals surface area contributed by atoms with Crippen LogP contribution in [0.1, 0.15) is 22.3 Å². The zero-order valence-corrected chi connectivity index (χ0v) is 14.5. The van der Waals surface area contributed by atoms with Gasteiger partial charge in [-0.1, -0.05) is 0 Å². The summed E-state index contributed by atoms with van der Waals surface area (Å²) in [7, 11) is 0. The molecule has 4 nitrogen and oxygen atoms in total. The SMILES string of the molecule is Cc1cc2ncn(Sn3cnc4cc(C)c(C)cc43)c2cc1C. The highest BCUT2D eigenvalue weighted by atomic mass is 32.2. The monoisotopic (exact) mass is 322 g/mol. The lowest BCUT2D eigenvalue weighted by molar-refractivity contribution is 1.19. The van der Waals surface area contributed by atoms with E-state index in [1.165, 1.54) is 22.3 Å². The highest BCUT2D eigenvalue weighted by Crippen LogP contribution is 2.26. The predicted octanol–water partition coefficient (Wildman–Crippen LogP) is 4.58. The average molecular weight is 322 g/mol. The van der Waals surface area contributed by atoms with Gasteiger partial charge in [-0.25, -0.2) is 9.97 Å². The van der Waals surface area contributed by atoms with Crippen LogP contribution in [0.25, 0.3) is 22.1 Å². The minimum atomic E-state index is 1.03. The van der Waals surface area contributed by atoms with Gasteiger partial charge in [0.1, 0.15) is 12.7 Å². The summed E-state index contributed by atoms with van der Waals surface area (Å²) in [6, 6.07) is 8.67. The first-order chi connectivity index (χ1) is 11.0. The first kappa shape index (κ1) is 14.3. The summed E-state index contributed by atoms with van der Waals surface area (Å²) in [5.41, 5.74) is 9.41. The Kier molecular flexibility index (Phi) is 3.20. The molecule has 4 rings (SSSR count). The summed E-state index contributed by atoms with van der Waals surface area (Å²) in [4.78, 5) is 9.04. The van der Waals surface area contributed by atoms with Crippen LogP contribution in [0.15, 0.2) is 36.9 Å². The number of hydrogen-bond acceptors (Lipinski definition) is 3. The molecule has 0 saturated carbocycles. The van der Waals surface area contributed by atoms with Gasteiger partial charge in [0, 0.05) is 0 Å². The number of rotatable bonds is 2. The number of benzene rings is 2. The summed E-state index contributed by atoms with van der Waals surface area (Å²) in [5.74, 6) is 0. The molecule has 2 aromatic carbocycles. The minimum Gasteiger partial charge on any atom is -0.254 e. The maximum Gasteiger partial charge on any atom is 0.108 e. The van der Waals surface area contributed by atoms with E-state index in [1.807, 2.05) is 12.7 Å². The van der Waals surface area contributed by atoms with Gasteiger partial charge < -0.3 is 0 Å². The van der Waals surface area contributed by atoms with Gasteiger partial charge in [-0.3, -0.25) is 7.94 Å². The van der Waals surface area contributed by atoms with Gasteiger partial charge in [-0.05, 0) is 74.2 Å². The fourth-order valence-electron chi connectivity index (χ4n) is 2.71. The van der Waals surface area contributed by atoms with Gasteiger partial charge in [0.2, 0.25) is 0 Å². The van der Waals surface area contributed by atoms with Crippen LogP contribution in [-0.2, 0) is 0 Å². The van der Waals surface area contributed by atoms with E-state index in [2.05, 4.69) is 69.9 Å². The van der Waals surface area contributed by atoms with Crippen LogP contribution in [0.5, 0.6) is 0 Å². The van der Waals surface area contributed by atoms with Gasteiger partial charge in [0.05, 0.1) is 34.2 Å². The molecule has 0 amide bonds. The van der Waals surface area contributed by atoms with Crippen molar-refractivity contribution in [3.8, 4) is 0 Å². The molecule has 0 fully saturated rings. The summed E-state index contributed by atoms with van der Waals surface area (Å²) in [5, 5.41) is 0. The lowest BCUT2D eigenvalue weighted by Gasteiger charge is -2.07. The minimum absolute atomic E-state index is 1.03. The maximum atomic E-state index is 4.52. The van der Waals surface area contributed by atoms with E-state index in [4.69, 9.17) is 0 Å². The van der Waals surface area contributed by atoms with Crippen LogP contribution in [0.2, 0.25) is 0 Å². The lowest BCUT2D eigenvalue weighted by atomic mass is 10.1.